The first-order chi connectivity index (χ1) is 27.3. The van der Waals surface area contributed by atoms with Crippen molar-refractivity contribution in [3.8, 4) is 6.01 Å². The van der Waals surface area contributed by atoms with Gasteiger partial charge in [-0.2, -0.15) is 28.1 Å². The smallest absolute Gasteiger partial charge is 0.422 e. The average molecular weight is 807 g/mol. The van der Waals surface area contributed by atoms with Crippen molar-refractivity contribution in [3.05, 3.63) is 113 Å². The minimum atomic E-state index is -4.64. The minimum Gasteiger partial charge on any atom is -0.467 e. The number of carbonyl (C=O) groups excluding carboxylic acids is 4. The summed E-state index contributed by atoms with van der Waals surface area (Å²) in [6, 6.07) is 17.7. The van der Waals surface area contributed by atoms with Crippen molar-refractivity contribution in [3.63, 3.8) is 0 Å². The number of halogens is 4. The molecule has 0 unspecified atom stereocenters. The Bertz CT molecular complexity index is 2200. The van der Waals surface area contributed by atoms with Crippen LogP contribution in [0.4, 0.5) is 36.4 Å². The number of esters is 1. The predicted molar refractivity (Wildman–Crippen MR) is 200 cm³/mol. The molecular formula is C37H34ClF3N10O6. The lowest BCUT2D eigenvalue weighted by Crippen LogP contribution is -2.50. The number of methoxy groups -OCH3 is 1. The van der Waals surface area contributed by atoms with E-state index in [1.54, 1.807) is 48.9 Å². The Morgan fingerprint density at radius 3 is 2.21 bits per heavy atom. The number of anilines is 4. The first kappa shape index (κ1) is 39.9. The Morgan fingerprint density at radius 2 is 1.58 bits per heavy atom. The number of imidazole rings is 1. The molecule has 20 heteroatoms. The Morgan fingerprint density at radius 1 is 0.895 bits per heavy atom. The maximum absolute atomic E-state index is 13.1. The highest BCUT2D eigenvalue weighted by Gasteiger charge is 2.45. The maximum atomic E-state index is 13.1. The number of amides is 3. The topological polar surface area (TPSA) is 203 Å². The van der Waals surface area contributed by atoms with E-state index in [4.69, 9.17) is 21.1 Å². The van der Waals surface area contributed by atoms with Crippen LogP contribution in [-0.2, 0) is 31.2 Å². The number of alkyl halides is 3. The summed E-state index contributed by atoms with van der Waals surface area (Å²) in [6.07, 6.45) is 1.89. The van der Waals surface area contributed by atoms with E-state index in [0.717, 1.165) is 18.2 Å². The van der Waals surface area contributed by atoms with Crippen LogP contribution in [0.15, 0.2) is 91.5 Å². The van der Waals surface area contributed by atoms with Crippen LogP contribution in [0.5, 0.6) is 6.01 Å². The molecule has 2 heterocycles. The van der Waals surface area contributed by atoms with Gasteiger partial charge < -0.3 is 40.6 Å². The molecule has 0 bridgehead atoms. The molecule has 0 radical (unpaired) electrons. The van der Waals surface area contributed by atoms with Crippen molar-refractivity contribution in [1.82, 2.24) is 35.1 Å². The van der Waals surface area contributed by atoms with Gasteiger partial charge in [0.2, 0.25) is 11.9 Å². The first-order valence-electron chi connectivity index (χ1n) is 17.2. The molecule has 1 atom stereocenters. The van der Waals surface area contributed by atoms with E-state index in [1.807, 2.05) is 22.9 Å². The van der Waals surface area contributed by atoms with Crippen LogP contribution in [0.2, 0.25) is 5.02 Å². The van der Waals surface area contributed by atoms with Crippen LogP contribution >= 0.6 is 11.6 Å². The molecule has 2 aromatic heterocycles. The van der Waals surface area contributed by atoms with Gasteiger partial charge in [-0.25, -0.2) is 9.78 Å². The molecule has 1 aliphatic carbocycles. The van der Waals surface area contributed by atoms with E-state index in [9.17, 15) is 32.3 Å². The van der Waals surface area contributed by atoms with Gasteiger partial charge in [0.05, 0.1) is 19.0 Å². The Balaban J connectivity index is 1.06. The Labute approximate surface area is 327 Å². The standard InChI is InChI=1S/C37H34ClF3N10O6/c1-56-32(55)28(18-43-30(53)31(54)44-26-10-2-22(3-11-26)19-51-17-16-42-21-51)46-29(52)23-4-12-27(13-5-23)45-33-47-34(49-35(48-33)57-20-37(39,40)41)50-36(14-15-36)24-6-8-25(38)9-7-24/h2-13,16-17,21,28H,14-15,18-20H2,1H3,(H,43,53)(H,44,54)(H,46,52)(H2,45,47,48,49,50)/t28-/m0/s1. The Kier molecular flexibility index (Phi) is 12.2. The Hall–Kier alpha value is -6.76. The van der Waals surface area contributed by atoms with E-state index >= 15 is 0 Å². The van der Waals surface area contributed by atoms with Crippen molar-refractivity contribution >= 4 is 58.6 Å². The molecule has 296 valence electrons. The molecule has 1 aliphatic rings. The average Bonchev–Trinajstić information content (AvgIpc) is 3.78. The molecule has 57 heavy (non-hydrogen) atoms. The van der Waals surface area contributed by atoms with Crippen LogP contribution in [0, 0.1) is 0 Å². The number of nitrogens with zero attached hydrogens (tertiary/aromatic N) is 5. The molecule has 3 aromatic carbocycles. The first-order valence-corrected chi connectivity index (χ1v) is 17.5. The summed E-state index contributed by atoms with van der Waals surface area (Å²) in [5, 5.41) is 13.8. The van der Waals surface area contributed by atoms with E-state index in [2.05, 4.69) is 46.5 Å². The highest BCUT2D eigenvalue weighted by molar-refractivity contribution is 6.39. The van der Waals surface area contributed by atoms with Crippen LogP contribution < -0.4 is 31.3 Å². The van der Waals surface area contributed by atoms with Gasteiger partial charge in [-0.3, -0.25) is 14.4 Å². The molecule has 5 N–H and O–H groups in total. The van der Waals surface area contributed by atoms with Crippen LogP contribution in [0.3, 0.4) is 0 Å². The van der Waals surface area contributed by atoms with Crippen molar-refractivity contribution in [2.24, 2.45) is 0 Å². The zero-order valence-electron chi connectivity index (χ0n) is 30.0. The third-order valence-corrected chi connectivity index (χ3v) is 8.73. The normalized spacial score (nSPS) is 13.4. The van der Waals surface area contributed by atoms with E-state index in [-0.39, 0.29) is 17.5 Å². The lowest BCUT2D eigenvalue weighted by atomic mass is 10.1. The van der Waals surface area contributed by atoms with Gasteiger partial charge in [0.15, 0.2) is 6.61 Å². The number of nitrogens with one attached hydrogen (secondary N) is 5. The summed E-state index contributed by atoms with van der Waals surface area (Å²) in [5.41, 5.74) is 2.04. The second-order valence-corrected chi connectivity index (χ2v) is 13.2. The zero-order valence-corrected chi connectivity index (χ0v) is 30.7. The fourth-order valence-electron chi connectivity index (χ4n) is 5.43. The summed E-state index contributed by atoms with van der Waals surface area (Å²) in [4.78, 5) is 67.0. The number of hydrogen-bond acceptors (Lipinski definition) is 12. The minimum absolute atomic E-state index is 0.0392. The summed E-state index contributed by atoms with van der Waals surface area (Å²) < 4.78 is 50.4. The van der Waals surface area contributed by atoms with Crippen molar-refractivity contribution in [2.45, 2.75) is 37.1 Å². The van der Waals surface area contributed by atoms with E-state index < -0.39 is 60.6 Å². The van der Waals surface area contributed by atoms with Gasteiger partial charge in [0, 0.05) is 47.4 Å². The summed E-state index contributed by atoms with van der Waals surface area (Å²) in [6.45, 7) is -1.53. The number of benzene rings is 3. The molecule has 0 aliphatic heterocycles. The van der Waals surface area contributed by atoms with Gasteiger partial charge >= 0.3 is 30.0 Å². The number of hydrogen-bond donors (Lipinski definition) is 5. The summed E-state index contributed by atoms with van der Waals surface area (Å²) in [7, 11) is 1.09. The monoisotopic (exact) mass is 806 g/mol. The van der Waals surface area contributed by atoms with Gasteiger partial charge in [-0.15, -0.1) is 0 Å². The van der Waals surface area contributed by atoms with Crippen LogP contribution in [0.1, 0.15) is 34.3 Å². The van der Waals surface area contributed by atoms with Gasteiger partial charge in [-0.1, -0.05) is 35.9 Å². The van der Waals surface area contributed by atoms with E-state index in [1.165, 1.54) is 24.3 Å². The predicted octanol–water partition coefficient (Wildman–Crippen LogP) is 4.58. The van der Waals surface area contributed by atoms with Crippen LogP contribution in [0.25, 0.3) is 0 Å². The number of aromatic nitrogens is 5. The molecule has 0 spiro atoms. The molecule has 1 fully saturated rings. The fourth-order valence-corrected chi connectivity index (χ4v) is 5.56. The summed E-state index contributed by atoms with van der Waals surface area (Å²) >= 11 is 6.03. The van der Waals surface area contributed by atoms with Gasteiger partial charge in [0.25, 0.3) is 5.91 Å². The lowest BCUT2D eigenvalue weighted by Gasteiger charge is -2.19. The van der Waals surface area contributed by atoms with Crippen molar-refractivity contribution < 1.29 is 41.8 Å². The molecule has 16 nitrogen and oxygen atoms in total. The third kappa shape index (κ3) is 11.2. The molecule has 5 aromatic rings. The number of carbonyl (C=O) groups is 4. The van der Waals surface area contributed by atoms with E-state index in [0.29, 0.717) is 35.8 Å². The van der Waals surface area contributed by atoms with Crippen LogP contribution in [-0.4, -0.2) is 80.7 Å². The lowest BCUT2D eigenvalue weighted by molar-refractivity contribution is -0.154. The molecule has 6 rings (SSSR count). The van der Waals surface area contributed by atoms with Gasteiger partial charge in [0.1, 0.15) is 6.04 Å². The highest BCUT2D eigenvalue weighted by Crippen LogP contribution is 2.48. The largest absolute Gasteiger partial charge is 0.467 e. The van der Waals surface area contributed by atoms with Crippen molar-refractivity contribution in [2.75, 3.05) is 36.2 Å². The summed E-state index contributed by atoms with van der Waals surface area (Å²) in [5.74, 6) is -3.86. The van der Waals surface area contributed by atoms with Gasteiger partial charge in [-0.05, 0) is 72.5 Å². The fraction of sp³-hybridized carbons (Fsp3) is 0.243. The SMILES string of the molecule is COC(=O)[C@H](CNC(=O)C(=O)Nc1ccc(Cn2ccnc2)cc1)NC(=O)c1ccc(Nc2nc(NC3(c4ccc(Cl)cc4)CC3)nc(OCC(F)(F)F)n2)cc1. The highest BCUT2D eigenvalue weighted by atomic mass is 35.5. The number of rotatable bonds is 15. The second kappa shape index (κ2) is 17.4. The van der Waals surface area contributed by atoms with Crippen molar-refractivity contribution in [1.29, 1.82) is 0 Å². The number of ether oxygens (including phenoxy) is 2. The maximum Gasteiger partial charge on any atom is 0.422 e. The molecule has 1 saturated carbocycles. The quantitative estimate of drug-likeness (QED) is 0.0729. The molecule has 0 saturated heterocycles. The molecular weight excluding hydrogens is 773 g/mol. The zero-order chi connectivity index (χ0) is 40.6. The second-order valence-electron chi connectivity index (χ2n) is 12.7. The third-order valence-electron chi connectivity index (χ3n) is 8.48. The molecule has 3 amide bonds.